The van der Waals surface area contributed by atoms with Crippen LogP contribution in [0, 0.1) is 6.92 Å². The molecule has 1 amide bonds. The van der Waals surface area contributed by atoms with E-state index in [4.69, 9.17) is 23.2 Å². The average molecular weight is 531 g/mol. The van der Waals surface area contributed by atoms with Crippen LogP contribution < -0.4 is 5.43 Å². The maximum Gasteiger partial charge on any atom is 0.275 e. The Labute approximate surface area is 203 Å². The number of nitrogens with one attached hydrogen (secondary N) is 1. The predicted molar refractivity (Wildman–Crippen MR) is 133 cm³/mol. The van der Waals surface area contributed by atoms with E-state index in [0.717, 1.165) is 27.7 Å². The van der Waals surface area contributed by atoms with Crippen molar-refractivity contribution in [1.29, 1.82) is 0 Å². The van der Waals surface area contributed by atoms with E-state index < -0.39 is 5.91 Å². The maximum atomic E-state index is 12.4. The first kappa shape index (κ1) is 22.4. The van der Waals surface area contributed by atoms with Crippen LogP contribution in [0.25, 0.3) is 10.9 Å². The second kappa shape index (κ2) is 9.36. The molecule has 0 spiro atoms. The van der Waals surface area contributed by atoms with Crippen molar-refractivity contribution in [1.82, 2.24) is 9.99 Å². The Balaban J connectivity index is 1.64. The van der Waals surface area contributed by atoms with Crippen LogP contribution in [0.1, 0.15) is 27.2 Å². The van der Waals surface area contributed by atoms with Gasteiger partial charge in [0.1, 0.15) is 5.75 Å². The van der Waals surface area contributed by atoms with Gasteiger partial charge >= 0.3 is 0 Å². The highest BCUT2D eigenvalue weighted by Crippen LogP contribution is 2.28. The van der Waals surface area contributed by atoms with Crippen molar-refractivity contribution >= 4 is 62.2 Å². The SMILES string of the molecule is Cc1c(/C=N\NC(=O)c2cc(Br)ccc2O)c2ccccc2n1Cc1ccc(Cl)c(Cl)c1. The minimum absolute atomic E-state index is 0.115. The van der Waals surface area contributed by atoms with Gasteiger partial charge in [0.25, 0.3) is 5.91 Å². The van der Waals surface area contributed by atoms with E-state index in [-0.39, 0.29) is 11.3 Å². The predicted octanol–water partition coefficient (Wildman–Crippen LogP) is 6.54. The molecule has 0 aliphatic carbocycles. The average Bonchev–Trinajstić information content (AvgIpc) is 3.04. The molecule has 0 aliphatic heterocycles. The fraction of sp³-hybridized carbons (Fsp3) is 0.0833. The number of amides is 1. The molecule has 2 N–H and O–H groups in total. The molecule has 0 bridgehead atoms. The number of hydrogen-bond donors (Lipinski definition) is 2. The summed E-state index contributed by atoms with van der Waals surface area (Å²) in [6, 6.07) is 18.2. The Hall–Kier alpha value is -2.80. The largest absolute Gasteiger partial charge is 0.507 e. The smallest absolute Gasteiger partial charge is 0.275 e. The van der Waals surface area contributed by atoms with Gasteiger partial charge in [-0.2, -0.15) is 5.10 Å². The van der Waals surface area contributed by atoms with Gasteiger partial charge in [-0.25, -0.2) is 5.43 Å². The summed E-state index contributed by atoms with van der Waals surface area (Å²) in [5.74, 6) is -0.618. The third-order valence-electron chi connectivity index (χ3n) is 5.17. The van der Waals surface area contributed by atoms with Gasteiger partial charge in [-0.05, 0) is 48.9 Å². The molecule has 0 fully saturated rings. The fourth-order valence-electron chi connectivity index (χ4n) is 3.55. The van der Waals surface area contributed by atoms with E-state index in [1.807, 2.05) is 43.3 Å². The van der Waals surface area contributed by atoms with Crippen LogP contribution in [-0.2, 0) is 6.54 Å². The number of rotatable bonds is 5. The van der Waals surface area contributed by atoms with Gasteiger partial charge in [0, 0.05) is 33.2 Å². The summed E-state index contributed by atoms with van der Waals surface area (Å²) in [6.45, 7) is 2.61. The number of hydrogen-bond acceptors (Lipinski definition) is 3. The van der Waals surface area contributed by atoms with Crippen LogP contribution in [0.4, 0.5) is 0 Å². The molecule has 1 aromatic heterocycles. The Bertz CT molecular complexity index is 1370. The number of aromatic hydroxyl groups is 1. The number of phenols is 1. The minimum atomic E-state index is -0.503. The van der Waals surface area contributed by atoms with Crippen molar-refractivity contribution in [3.63, 3.8) is 0 Å². The lowest BCUT2D eigenvalue weighted by molar-refractivity contribution is 0.0952. The Morgan fingerprint density at radius 1 is 1.12 bits per heavy atom. The van der Waals surface area contributed by atoms with Crippen LogP contribution in [-0.4, -0.2) is 21.8 Å². The first-order valence-electron chi connectivity index (χ1n) is 9.69. The van der Waals surface area contributed by atoms with Crippen molar-refractivity contribution in [3.8, 4) is 5.75 Å². The van der Waals surface area contributed by atoms with E-state index in [0.29, 0.717) is 21.1 Å². The van der Waals surface area contributed by atoms with Gasteiger partial charge in [-0.15, -0.1) is 0 Å². The Morgan fingerprint density at radius 3 is 2.69 bits per heavy atom. The summed E-state index contributed by atoms with van der Waals surface area (Å²) in [5.41, 5.74) is 6.55. The number of aromatic nitrogens is 1. The molecule has 4 rings (SSSR count). The van der Waals surface area contributed by atoms with Crippen LogP contribution in [0.3, 0.4) is 0 Å². The highest BCUT2D eigenvalue weighted by molar-refractivity contribution is 9.10. The normalized spacial score (nSPS) is 11.4. The van der Waals surface area contributed by atoms with E-state index in [9.17, 15) is 9.90 Å². The standard InChI is InChI=1S/C24H18BrCl2N3O2/c1-14-19(12-28-29-24(32)18-11-16(25)7-9-23(18)31)17-4-2-3-5-22(17)30(14)13-15-6-8-20(26)21(27)10-15/h2-12,31H,13H2,1H3,(H,29,32)/b28-12-. The van der Waals surface area contributed by atoms with Crippen LogP contribution in [0.2, 0.25) is 10.0 Å². The number of benzene rings is 3. The third-order valence-corrected chi connectivity index (χ3v) is 6.40. The van der Waals surface area contributed by atoms with Crippen LogP contribution in [0.15, 0.2) is 70.2 Å². The second-order valence-electron chi connectivity index (χ2n) is 7.21. The van der Waals surface area contributed by atoms with Crippen LogP contribution in [0.5, 0.6) is 5.75 Å². The van der Waals surface area contributed by atoms with E-state index in [2.05, 4.69) is 31.0 Å². The molecule has 32 heavy (non-hydrogen) atoms. The molecule has 3 aromatic carbocycles. The van der Waals surface area contributed by atoms with Gasteiger partial charge in [-0.1, -0.05) is 63.4 Å². The molecule has 0 saturated heterocycles. The van der Waals surface area contributed by atoms with Crippen molar-refractivity contribution in [2.45, 2.75) is 13.5 Å². The first-order valence-corrected chi connectivity index (χ1v) is 11.2. The summed E-state index contributed by atoms with van der Waals surface area (Å²) in [7, 11) is 0. The molecule has 8 heteroatoms. The number of nitrogens with zero attached hydrogens (tertiary/aromatic N) is 2. The summed E-state index contributed by atoms with van der Waals surface area (Å²) < 4.78 is 2.85. The topological polar surface area (TPSA) is 66.6 Å². The molecule has 0 atom stereocenters. The zero-order chi connectivity index (χ0) is 22.8. The van der Waals surface area contributed by atoms with Crippen molar-refractivity contribution < 1.29 is 9.90 Å². The summed E-state index contributed by atoms with van der Waals surface area (Å²) in [6.07, 6.45) is 1.62. The van der Waals surface area contributed by atoms with E-state index in [1.165, 1.54) is 12.1 Å². The zero-order valence-electron chi connectivity index (χ0n) is 16.9. The fourth-order valence-corrected chi connectivity index (χ4v) is 4.23. The van der Waals surface area contributed by atoms with Crippen LogP contribution >= 0.6 is 39.1 Å². The first-order chi connectivity index (χ1) is 15.3. The van der Waals surface area contributed by atoms with Crippen molar-refractivity contribution in [3.05, 3.63) is 97.6 Å². The highest BCUT2D eigenvalue weighted by Gasteiger charge is 2.14. The molecular weight excluding hydrogens is 513 g/mol. The minimum Gasteiger partial charge on any atom is -0.507 e. The quantitative estimate of drug-likeness (QED) is 0.227. The third kappa shape index (κ3) is 4.53. The molecule has 0 unspecified atom stereocenters. The maximum absolute atomic E-state index is 12.4. The molecular formula is C24H18BrCl2N3O2. The van der Waals surface area contributed by atoms with Gasteiger partial charge in [-0.3, -0.25) is 4.79 Å². The molecule has 1 heterocycles. The lowest BCUT2D eigenvalue weighted by Gasteiger charge is -2.09. The molecule has 162 valence electrons. The number of fused-ring (bicyclic) bond motifs is 1. The molecule has 0 aliphatic rings. The second-order valence-corrected chi connectivity index (χ2v) is 8.94. The number of phenolic OH excluding ortho intramolecular Hbond substituents is 1. The molecule has 5 nitrogen and oxygen atoms in total. The van der Waals surface area contributed by atoms with Gasteiger partial charge in [0.15, 0.2) is 0 Å². The van der Waals surface area contributed by atoms with Gasteiger partial charge in [0.2, 0.25) is 0 Å². The van der Waals surface area contributed by atoms with E-state index in [1.54, 1.807) is 18.3 Å². The number of para-hydroxylation sites is 1. The van der Waals surface area contributed by atoms with Gasteiger partial charge in [0.05, 0.1) is 21.8 Å². The molecule has 0 radical (unpaired) electrons. The molecule has 4 aromatic rings. The zero-order valence-corrected chi connectivity index (χ0v) is 20.0. The van der Waals surface area contributed by atoms with Crippen molar-refractivity contribution in [2.24, 2.45) is 5.10 Å². The summed E-state index contributed by atoms with van der Waals surface area (Å²) in [5, 5.41) is 16.1. The number of carbonyl (C=O) groups is 1. The van der Waals surface area contributed by atoms with Crippen molar-refractivity contribution in [2.75, 3.05) is 0 Å². The monoisotopic (exact) mass is 529 g/mol. The van der Waals surface area contributed by atoms with E-state index >= 15 is 0 Å². The Morgan fingerprint density at radius 2 is 1.91 bits per heavy atom. The summed E-state index contributed by atoms with van der Waals surface area (Å²) >= 11 is 15.5. The lowest BCUT2D eigenvalue weighted by Crippen LogP contribution is -2.17. The lowest BCUT2D eigenvalue weighted by atomic mass is 10.1. The number of hydrazone groups is 1. The Kier molecular flexibility index (Phi) is 6.55. The molecule has 0 saturated carbocycles. The highest BCUT2D eigenvalue weighted by atomic mass is 79.9. The van der Waals surface area contributed by atoms with Gasteiger partial charge < -0.3 is 9.67 Å². The number of halogens is 3. The summed E-state index contributed by atoms with van der Waals surface area (Å²) in [4.78, 5) is 12.4. The number of carbonyl (C=O) groups excluding carboxylic acids is 1.